The summed E-state index contributed by atoms with van der Waals surface area (Å²) in [6, 6.07) is 2.04. The molecule has 0 bridgehead atoms. The highest BCUT2D eigenvalue weighted by atomic mass is 79.9. The van der Waals surface area contributed by atoms with Crippen molar-refractivity contribution in [2.75, 3.05) is 33.2 Å². The lowest BCUT2D eigenvalue weighted by atomic mass is 10.2. The Labute approximate surface area is 126 Å². The molecule has 0 aliphatic carbocycles. The molecular weight excluding hydrogens is 326 g/mol. The number of thiophene rings is 1. The highest BCUT2D eigenvalue weighted by Crippen LogP contribution is 2.21. The fourth-order valence-electron chi connectivity index (χ4n) is 2.16. The van der Waals surface area contributed by atoms with E-state index in [0.29, 0.717) is 0 Å². The molecule has 1 aromatic heterocycles. The Kier molecular flexibility index (Phi) is 5.38. The molecule has 1 aliphatic rings. The van der Waals surface area contributed by atoms with Crippen LogP contribution < -0.4 is 5.32 Å². The maximum absolute atomic E-state index is 12.4. The molecule has 0 aromatic carbocycles. The highest BCUT2D eigenvalue weighted by molar-refractivity contribution is 9.10. The largest absolute Gasteiger partial charge is 0.339 e. The lowest BCUT2D eigenvalue weighted by Crippen LogP contribution is -2.52. The second kappa shape index (κ2) is 6.83. The van der Waals surface area contributed by atoms with Crippen LogP contribution in [0.4, 0.5) is 0 Å². The van der Waals surface area contributed by atoms with Gasteiger partial charge in [-0.05, 0) is 36.0 Å². The van der Waals surface area contributed by atoms with Crippen molar-refractivity contribution >= 4 is 33.2 Å². The third-order valence-corrected chi connectivity index (χ3v) is 5.16. The van der Waals surface area contributed by atoms with Gasteiger partial charge < -0.3 is 10.2 Å². The van der Waals surface area contributed by atoms with Crippen molar-refractivity contribution in [2.45, 2.75) is 19.5 Å². The topological polar surface area (TPSA) is 35.6 Å². The summed E-state index contributed by atoms with van der Waals surface area (Å²) < 4.78 is 1.11. The Bertz CT molecular complexity index is 431. The van der Waals surface area contributed by atoms with Gasteiger partial charge in [-0.15, -0.1) is 11.3 Å². The van der Waals surface area contributed by atoms with Crippen LogP contribution in [0.5, 0.6) is 0 Å². The van der Waals surface area contributed by atoms with Gasteiger partial charge in [-0.2, -0.15) is 0 Å². The molecular formula is C13H20BrN3OS. The minimum atomic E-state index is -0.0704. The Hall–Kier alpha value is -0.430. The zero-order valence-corrected chi connectivity index (χ0v) is 13.8. The second-order valence-electron chi connectivity index (χ2n) is 4.90. The quantitative estimate of drug-likeness (QED) is 0.903. The minimum Gasteiger partial charge on any atom is -0.339 e. The molecule has 1 aromatic rings. The van der Waals surface area contributed by atoms with Gasteiger partial charge in [0.25, 0.3) is 0 Å². The summed E-state index contributed by atoms with van der Waals surface area (Å²) in [5.74, 6) is 0.236. The molecule has 1 fully saturated rings. The van der Waals surface area contributed by atoms with E-state index in [4.69, 9.17) is 0 Å². The van der Waals surface area contributed by atoms with Crippen LogP contribution in [-0.2, 0) is 11.3 Å². The lowest BCUT2D eigenvalue weighted by molar-refractivity contribution is -0.136. The van der Waals surface area contributed by atoms with E-state index in [9.17, 15) is 4.79 Å². The van der Waals surface area contributed by atoms with Crippen LogP contribution in [0.2, 0.25) is 0 Å². The fourth-order valence-corrected chi connectivity index (χ4v) is 3.67. The van der Waals surface area contributed by atoms with Crippen LogP contribution in [0.25, 0.3) is 0 Å². The second-order valence-corrected chi connectivity index (χ2v) is 6.81. The summed E-state index contributed by atoms with van der Waals surface area (Å²) >= 11 is 5.18. The Morgan fingerprint density at radius 3 is 2.84 bits per heavy atom. The van der Waals surface area contributed by atoms with Crippen molar-refractivity contribution in [1.82, 2.24) is 15.1 Å². The highest BCUT2D eigenvalue weighted by Gasteiger charge is 2.25. The van der Waals surface area contributed by atoms with Crippen molar-refractivity contribution in [3.8, 4) is 0 Å². The van der Waals surface area contributed by atoms with E-state index < -0.39 is 0 Å². The van der Waals surface area contributed by atoms with Crippen LogP contribution in [0, 0.1) is 0 Å². The first kappa shape index (κ1) is 15.0. The van der Waals surface area contributed by atoms with Gasteiger partial charge in [0.2, 0.25) is 5.91 Å². The van der Waals surface area contributed by atoms with Gasteiger partial charge in [-0.1, -0.05) is 0 Å². The summed E-state index contributed by atoms with van der Waals surface area (Å²) in [6.07, 6.45) is 0. The number of carbonyl (C=O) groups is 1. The van der Waals surface area contributed by atoms with Crippen molar-refractivity contribution < 1.29 is 4.79 Å². The SMILES string of the molecule is CC(C(=O)N1CCNCC1)N(C)Cc1cc(Br)cs1. The van der Waals surface area contributed by atoms with Gasteiger partial charge in [0.1, 0.15) is 0 Å². The molecule has 2 rings (SSSR count). The molecule has 6 heteroatoms. The molecule has 19 heavy (non-hydrogen) atoms. The van der Waals surface area contributed by atoms with Gasteiger partial charge in [0.15, 0.2) is 0 Å². The average molecular weight is 346 g/mol. The van der Waals surface area contributed by atoms with E-state index in [1.165, 1.54) is 4.88 Å². The number of amides is 1. The van der Waals surface area contributed by atoms with Crippen LogP contribution in [-0.4, -0.2) is 55.0 Å². The molecule has 0 saturated carbocycles. The van der Waals surface area contributed by atoms with Gasteiger partial charge in [0, 0.05) is 47.5 Å². The maximum atomic E-state index is 12.4. The zero-order valence-electron chi connectivity index (χ0n) is 11.4. The third kappa shape index (κ3) is 4.02. The van der Waals surface area contributed by atoms with Gasteiger partial charge in [-0.25, -0.2) is 0 Å². The van der Waals surface area contributed by atoms with Gasteiger partial charge in [-0.3, -0.25) is 9.69 Å². The van der Waals surface area contributed by atoms with Crippen LogP contribution in [0.3, 0.4) is 0 Å². The molecule has 2 heterocycles. The third-order valence-electron chi connectivity index (χ3n) is 3.47. The molecule has 1 N–H and O–H groups in total. The summed E-state index contributed by atoms with van der Waals surface area (Å²) in [6.45, 7) is 6.26. The first-order valence-electron chi connectivity index (χ1n) is 6.50. The number of nitrogens with zero attached hydrogens (tertiary/aromatic N) is 2. The average Bonchev–Trinajstić information content (AvgIpc) is 2.83. The molecule has 1 unspecified atom stereocenters. The molecule has 0 spiro atoms. The Balaban J connectivity index is 1.90. The number of halogens is 1. The fraction of sp³-hybridized carbons (Fsp3) is 0.615. The minimum absolute atomic E-state index is 0.0704. The molecule has 1 aliphatic heterocycles. The van der Waals surface area contributed by atoms with Crippen LogP contribution >= 0.6 is 27.3 Å². The van der Waals surface area contributed by atoms with Gasteiger partial charge >= 0.3 is 0 Å². The first-order valence-corrected chi connectivity index (χ1v) is 8.18. The smallest absolute Gasteiger partial charge is 0.239 e. The van der Waals surface area contributed by atoms with E-state index in [1.807, 2.05) is 18.9 Å². The predicted octanol–water partition coefficient (Wildman–Crippen LogP) is 1.76. The van der Waals surface area contributed by atoms with Crippen molar-refractivity contribution in [3.63, 3.8) is 0 Å². The van der Waals surface area contributed by atoms with Crippen molar-refractivity contribution in [1.29, 1.82) is 0 Å². The van der Waals surface area contributed by atoms with Crippen molar-refractivity contribution in [3.05, 3.63) is 20.8 Å². The van der Waals surface area contributed by atoms with E-state index in [2.05, 4.69) is 37.6 Å². The molecule has 1 saturated heterocycles. The number of piperazine rings is 1. The van der Waals surface area contributed by atoms with E-state index >= 15 is 0 Å². The Morgan fingerprint density at radius 1 is 1.58 bits per heavy atom. The van der Waals surface area contributed by atoms with Crippen molar-refractivity contribution in [2.24, 2.45) is 0 Å². The lowest BCUT2D eigenvalue weighted by Gasteiger charge is -2.33. The zero-order chi connectivity index (χ0) is 13.8. The van der Waals surface area contributed by atoms with E-state index in [1.54, 1.807) is 11.3 Å². The molecule has 1 amide bonds. The van der Waals surface area contributed by atoms with Crippen LogP contribution in [0.15, 0.2) is 15.9 Å². The summed E-state index contributed by atoms with van der Waals surface area (Å²) in [5, 5.41) is 5.34. The monoisotopic (exact) mass is 345 g/mol. The van der Waals surface area contributed by atoms with Gasteiger partial charge in [0.05, 0.1) is 6.04 Å². The number of rotatable bonds is 4. The molecule has 4 nitrogen and oxygen atoms in total. The summed E-state index contributed by atoms with van der Waals surface area (Å²) in [5.41, 5.74) is 0. The number of likely N-dealkylation sites (N-methyl/N-ethyl adjacent to an activating group) is 1. The number of hydrogen-bond donors (Lipinski definition) is 1. The predicted molar refractivity (Wildman–Crippen MR) is 82.4 cm³/mol. The normalized spacial score (nSPS) is 17.8. The molecule has 106 valence electrons. The number of nitrogens with one attached hydrogen (secondary N) is 1. The molecule has 1 atom stereocenters. The molecule has 0 radical (unpaired) electrons. The maximum Gasteiger partial charge on any atom is 0.239 e. The Morgan fingerprint density at radius 2 is 2.26 bits per heavy atom. The summed E-state index contributed by atoms with van der Waals surface area (Å²) in [4.78, 5) is 17.7. The number of hydrogen-bond acceptors (Lipinski definition) is 4. The summed E-state index contributed by atoms with van der Waals surface area (Å²) in [7, 11) is 2.01. The standard InChI is InChI=1S/C13H20BrN3OS/c1-10(13(18)17-5-3-15-4-6-17)16(2)8-12-7-11(14)9-19-12/h7,9-10,15H,3-6,8H2,1-2H3. The van der Waals surface area contributed by atoms with E-state index in [-0.39, 0.29) is 11.9 Å². The van der Waals surface area contributed by atoms with Crippen LogP contribution in [0.1, 0.15) is 11.8 Å². The number of carbonyl (C=O) groups excluding carboxylic acids is 1. The first-order chi connectivity index (χ1) is 9.08. The van der Waals surface area contributed by atoms with E-state index in [0.717, 1.165) is 37.2 Å².